The topological polar surface area (TPSA) is 78.2 Å². The Labute approximate surface area is 176 Å². The van der Waals surface area contributed by atoms with Gasteiger partial charge in [0, 0.05) is 24.6 Å². The lowest BCUT2D eigenvalue weighted by molar-refractivity contribution is -0.145. The van der Waals surface area contributed by atoms with E-state index in [2.05, 4.69) is 6.92 Å². The smallest absolute Gasteiger partial charge is 0.325 e. The van der Waals surface area contributed by atoms with E-state index >= 15 is 0 Å². The van der Waals surface area contributed by atoms with Crippen LogP contribution in [0.5, 0.6) is 11.5 Å². The van der Waals surface area contributed by atoms with E-state index in [-0.39, 0.29) is 19.0 Å². The van der Waals surface area contributed by atoms with Crippen LogP contribution < -0.4 is 9.47 Å². The fourth-order valence-corrected chi connectivity index (χ4v) is 3.24. The van der Waals surface area contributed by atoms with Gasteiger partial charge in [-0.3, -0.25) is 9.59 Å². The van der Waals surface area contributed by atoms with Crippen LogP contribution in [0.2, 0.25) is 0 Å². The first kappa shape index (κ1) is 21.5. The second-order valence-corrected chi connectivity index (χ2v) is 7.38. The number of ether oxygens (including phenoxy) is 3. The third kappa shape index (κ3) is 5.43. The van der Waals surface area contributed by atoms with Crippen molar-refractivity contribution >= 4 is 18.0 Å². The van der Waals surface area contributed by atoms with Crippen LogP contribution in [-0.4, -0.2) is 44.7 Å². The molecule has 2 unspecified atom stereocenters. The first-order valence-electron chi connectivity index (χ1n) is 9.79. The van der Waals surface area contributed by atoms with Crippen LogP contribution in [0.3, 0.4) is 0 Å². The monoisotopic (exact) mass is 413 g/mol. The van der Waals surface area contributed by atoms with E-state index in [0.717, 1.165) is 17.7 Å². The zero-order valence-electron chi connectivity index (χ0n) is 17.7. The van der Waals surface area contributed by atoms with Crippen molar-refractivity contribution in [2.24, 2.45) is 5.92 Å². The molecule has 160 valence electrons. The first-order valence-corrected chi connectivity index (χ1v) is 9.79. The minimum absolute atomic E-state index is 0.178. The van der Waals surface area contributed by atoms with E-state index in [1.165, 1.54) is 18.1 Å². The van der Waals surface area contributed by atoms with Gasteiger partial charge in [-0.15, -0.1) is 0 Å². The maximum Gasteiger partial charge on any atom is 0.325 e. The molecular weight excluding hydrogens is 386 g/mol. The standard InChI is InChI=1S/C23H27NO6/c1-15-9-20(15)21-7-5-17(30-21)6-8-22(25)24(14-23(26)29-4)13-16-10-18(27-2)12-19(11-16)28-3/h5-8,10-12,15,20H,9,13-14H2,1-4H3/b8-6+. The Kier molecular flexibility index (Phi) is 6.82. The number of carbonyl (C=O) groups is 2. The van der Waals surface area contributed by atoms with E-state index in [4.69, 9.17) is 18.6 Å². The van der Waals surface area contributed by atoms with Gasteiger partial charge in [0.05, 0.1) is 21.3 Å². The second kappa shape index (κ2) is 9.52. The molecule has 2 atom stereocenters. The molecule has 0 bridgehead atoms. The average molecular weight is 413 g/mol. The zero-order chi connectivity index (χ0) is 21.7. The minimum atomic E-state index is -0.505. The van der Waals surface area contributed by atoms with E-state index in [9.17, 15) is 9.59 Å². The lowest BCUT2D eigenvalue weighted by Gasteiger charge is -2.20. The molecule has 0 saturated heterocycles. The van der Waals surface area contributed by atoms with Crippen molar-refractivity contribution in [3.8, 4) is 11.5 Å². The van der Waals surface area contributed by atoms with Gasteiger partial charge in [-0.2, -0.15) is 0 Å². The Morgan fingerprint density at radius 1 is 1.13 bits per heavy atom. The van der Waals surface area contributed by atoms with Gasteiger partial charge >= 0.3 is 5.97 Å². The molecule has 2 aromatic rings. The Morgan fingerprint density at radius 3 is 2.37 bits per heavy atom. The highest BCUT2D eigenvalue weighted by Crippen LogP contribution is 2.47. The van der Waals surface area contributed by atoms with Crippen LogP contribution >= 0.6 is 0 Å². The SMILES string of the molecule is COC(=O)CN(Cc1cc(OC)cc(OC)c1)C(=O)/C=C/c1ccc(C2CC2C)o1. The normalized spacial score (nSPS) is 17.6. The van der Waals surface area contributed by atoms with Crippen LogP contribution in [0.4, 0.5) is 0 Å². The fourth-order valence-electron chi connectivity index (χ4n) is 3.24. The van der Waals surface area contributed by atoms with E-state index in [0.29, 0.717) is 29.1 Å². The van der Waals surface area contributed by atoms with Gasteiger partial charge in [0.1, 0.15) is 29.6 Å². The lowest BCUT2D eigenvalue weighted by Crippen LogP contribution is -2.34. The van der Waals surface area contributed by atoms with Crippen molar-refractivity contribution in [2.45, 2.75) is 25.8 Å². The number of hydrogen-bond donors (Lipinski definition) is 0. The fraction of sp³-hybridized carbons (Fsp3) is 0.391. The van der Waals surface area contributed by atoms with E-state index in [1.54, 1.807) is 38.5 Å². The van der Waals surface area contributed by atoms with Crippen molar-refractivity contribution in [2.75, 3.05) is 27.9 Å². The summed E-state index contributed by atoms with van der Waals surface area (Å²) >= 11 is 0. The number of amides is 1. The second-order valence-electron chi connectivity index (χ2n) is 7.38. The van der Waals surface area contributed by atoms with Gasteiger partial charge in [-0.25, -0.2) is 0 Å². The summed E-state index contributed by atoms with van der Waals surface area (Å²) in [6, 6.07) is 9.12. The summed E-state index contributed by atoms with van der Waals surface area (Å²) in [4.78, 5) is 26.1. The summed E-state index contributed by atoms with van der Waals surface area (Å²) in [5.41, 5.74) is 0.764. The van der Waals surface area contributed by atoms with Gasteiger partial charge in [-0.05, 0) is 48.2 Å². The molecule has 1 aliphatic carbocycles. The summed E-state index contributed by atoms with van der Waals surface area (Å²) in [5.74, 6) is 3.04. The van der Waals surface area contributed by atoms with Gasteiger partial charge < -0.3 is 23.5 Å². The highest BCUT2D eigenvalue weighted by atomic mass is 16.5. The van der Waals surface area contributed by atoms with Gasteiger partial charge in [0.15, 0.2) is 0 Å². The quantitative estimate of drug-likeness (QED) is 0.461. The number of methoxy groups -OCH3 is 3. The highest BCUT2D eigenvalue weighted by Gasteiger charge is 2.36. The molecule has 1 aromatic heterocycles. The summed E-state index contributed by atoms with van der Waals surface area (Å²) in [5, 5.41) is 0. The number of nitrogens with zero attached hydrogens (tertiary/aromatic N) is 1. The van der Waals surface area contributed by atoms with E-state index in [1.807, 2.05) is 12.1 Å². The van der Waals surface area contributed by atoms with Gasteiger partial charge in [0.25, 0.3) is 0 Å². The molecule has 3 rings (SSSR count). The molecule has 30 heavy (non-hydrogen) atoms. The number of furan rings is 1. The van der Waals surface area contributed by atoms with Crippen molar-refractivity contribution < 1.29 is 28.2 Å². The molecule has 1 fully saturated rings. The Hall–Kier alpha value is -3.22. The number of hydrogen-bond acceptors (Lipinski definition) is 6. The molecule has 0 spiro atoms. The Balaban J connectivity index is 1.74. The van der Waals surface area contributed by atoms with Crippen molar-refractivity contribution in [3.05, 3.63) is 53.5 Å². The zero-order valence-corrected chi connectivity index (χ0v) is 17.7. The maximum absolute atomic E-state index is 12.8. The lowest BCUT2D eigenvalue weighted by atomic mass is 10.1. The number of rotatable bonds is 9. The third-order valence-electron chi connectivity index (χ3n) is 5.16. The predicted molar refractivity (Wildman–Crippen MR) is 111 cm³/mol. The molecule has 7 nitrogen and oxygen atoms in total. The van der Waals surface area contributed by atoms with Crippen molar-refractivity contribution in [3.63, 3.8) is 0 Å². The van der Waals surface area contributed by atoms with Crippen LogP contribution in [0.1, 0.15) is 36.3 Å². The summed E-state index contributed by atoms with van der Waals surface area (Å²) < 4.78 is 21.1. The minimum Gasteiger partial charge on any atom is -0.497 e. The average Bonchev–Trinajstić information content (AvgIpc) is 3.30. The van der Waals surface area contributed by atoms with Crippen LogP contribution in [0, 0.1) is 5.92 Å². The molecule has 7 heteroatoms. The first-order chi connectivity index (χ1) is 14.4. The molecule has 1 saturated carbocycles. The molecule has 1 amide bonds. The summed E-state index contributed by atoms with van der Waals surface area (Å²) in [6.45, 7) is 2.20. The van der Waals surface area contributed by atoms with Crippen molar-refractivity contribution in [1.82, 2.24) is 4.90 Å². The Morgan fingerprint density at radius 2 is 1.80 bits per heavy atom. The Bertz CT molecular complexity index is 909. The maximum atomic E-state index is 12.8. The van der Waals surface area contributed by atoms with Crippen LogP contribution in [0.15, 0.2) is 40.8 Å². The van der Waals surface area contributed by atoms with E-state index < -0.39 is 5.97 Å². The predicted octanol–water partition coefficient (Wildman–Crippen LogP) is 3.64. The number of esters is 1. The molecule has 1 aliphatic rings. The largest absolute Gasteiger partial charge is 0.497 e. The van der Waals surface area contributed by atoms with Crippen molar-refractivity contribution in [1.29, 1.82) is 0 Å². The van der Waals surface area contributed by atoms with Gasteiger partial charge in [0.2, 0.25) is 5.91 Å². The summed E-state index contributed by atoms with van der Waals surface area (Å²) in [7, 11) is 4.40. The molecule has 0 aliphatic heterocycles. The number of carbonyl (C=O) groups excluding carboxylic acids is 2. The number of benzene rings is 1. The van der Waals surface area contributed by atoms with Gasteiger partial charge in [-0.1, -0.05) is 6.92 Å². The highest BCUT2D eigenvalue weighted by molar-refractivity contribution is 5.93. The molecule has 0 N–H and O–H groups in total. The molecule has 1 heterocycles. The third-order valence-corrected chi connectivity index (χ3v) is 5.16. The van der Waals surface area contributed by atoms with Crippen LogP contribution in [-0.2, 0) is 20.9 Å². The molecular formula is C23H27NO6. The molecule has 0 radical (unpaired) electrons. The van der Waals surface area contributed by atoms with Crippen LogP contribution in [0.25, 0.3) is 6.08 Å². The summed E-state index contributed by atoms with van der Waals surface area (Å²) in [6.07, 6.45) is 4.15. The molecule has 1 aromatic carbocycles.